The van der Waals surface area contributed by atoms with Gasteiger partial charge in [-0.05, 0) is 71.3 Å². The van der Waals surface area contributed by atoms with Gasteiger partial charge in [0.05, 0.1) is 22.1 Å². The Morgan fingerprint density at radius 3 is 1.37 bits per heavy atom. The summed E-state index contributed by atoms with van der Waals surface area (Å²) in [5.74, 6) is 0. The minimum absolute atomic E-state index is 0.868. The highest BCUT2D eigenvalue weighted by molar-refractivity contribution is 6.15. The molecule has 0 amide bonds. The second kappa shape index (κ2) is 10.8. The van der Waals surface area contributed by atoms with Gasteiger partial charge in [0.25, 0.3) is 0 Å². The maximum Gasteiger partial charge on any atom is 0.143 e. The average molecular weight is 651 g/mol. The molecule has 11 rings (SSSR count). The molecule has 3 heterocycles. The third-order valence-corrected chi connectivity index (χ3v) is 10.5. The van der Waals surface area contributed by atoms with Crippen molar-refractivity contribution in [3.05, 3.63) is 182 Å². The van der Waals surface area contributed by atoms with E-state index in [-0.39, 0.29) is 0 Å². The smallest absolute Gasteiger partial charge is 0.143 e. The molecular weight excluding hydrogens is 621 g/mol. The lowest BCUT2D eigenvalue weighted by Crippen LogP contribution is -1.96. The van der Waals surface area contributed by atoms with Gasteiger partial charge in [-0.25, -0.2) is 0 Å². The van der Waals surface area contributed by atoms with Gasteiger partial charge in [-0.15, -0.1) is 0 Å². The number of nitrogens with zero attached hydrogens (tertiary/aromatic N) is 2. The van der Waals surface area contributed by atoms with E-state index in [1.54, 1.807) is 0 Å². The van der Waals surface area contributed by atoms with E-state index in [2.05, 4.69) is 191 Å². The minimum Gasteiger partial charge on any atom is -0.455 e. The summed E-state index contributed by atoms with van der Waals surface area (Å²) in [5, 5.41) is 7.16. The first-order valence-electron chi connectivity index (χ1n) is 17.4. The number of furan rings is 1. The minimum atomic E-state index is 0.868. The van der Waals surface area contributed by atoms with Crippen LogP contribution in [0.5, 0.6) is 0 Å². The largest absolute Gasteiger partial charge is 0.455 e. The monoisotopic (exact) mass is 650 g/mol. The Morgan fingerprint density at radius 1 is 0.314 bits per heavy atom. The van der Waals surface area contributed by atoms with Gasteiger partial charge in [-0.1, -0.05) is 127 Å². The summed E-state index contributed by atoms with van der Waals surface area (Å²) >= 11 is 0. The molecule has 0 bridgehead atoms. The van der Waals surface area contributed by atoms with Crippen LogP contribution in [0.1, 0.15) is 0 Å². The first kappa shape index (κ1) is 28.0. The topological polar surface area (TPSA) is 23.0 Å². The van der Waals surface area contributed by atoms with E-state index in [1.807, 2.05) is 0 Å². The molecule has 0 radical (unpaired) electrons. The molecule has 0 saturated carbocycles. The molecule has 3 heteroatoms. The first-order chi connectivity index (χ1) is 25.3. The van der Waals surface area contributed by atoms with Crippen molar-refractivity contribution in [1.29, 1.82) is 0 Å². The van der Waals surface area contributed by atoms with Crippen LogP contribution >= 0.6 is 0 Å². The second-order valence-corrected chi connectivity index (χ2v) is 13.3. The van der Waals surface area contributed by atoms with E-state index in [1.165, 1.54) is 54.7 Å². The van der Waals surface area contributed by atoms with Gasteiger partial charge in [-0.3, -0.25) is 0 Å². The lowest BCUT2D eigenvalue weighted by atomic mass is 9.93. The fourth-order valence-corrected chi connectivity index (χ4v) is 8.31. The molecule has 0 aliphatic rings. The summed E-state index contributed by atoms with van der Waals surface area (Å²) < 4.78 is 11.7. The molecule has 0 atom stereocenters. The average Bonchev–Trinajstić information content (AvgIpc) is 3.85. The van der Waals surface area contributed by atoms with Crippen LogP contribution in [0.3, 0.4) is 0 Å². The molecular formula is C48H30N2O. The lowest BCUT2D eigenvalue weighted by Gasteiger charge is -2.14. The van der Waals surface area contributed by atoms with E-state index in [9.17, 15) is 0 Å². The third kappa shape index (κ3) is 4.12. The van der Waals surface area contributed by atoms with Gasteiger partial charge < -0.3 is 13.6 Å². The summed E-state index contributed by atoms with van der Waals surface area (Å²) in [4.78, 5) is 0. The Hall–Kier alpha value is -6.84. The zero-order valence-electron chi connectivity index (χ0n) is 27.6. The van der Waals surface area contributed by atoms with Crippen LogP contribution in [0.25, 0.3) is 99.2 Å². The van der Waals surface area contributed by atoms with Crippen LogP contribution in [0, 0.1) is 0 Å². The number of benzene rings is 8. The van der Waals surface area contributed by atoms with Gasteiger partial charge in [0.15, 0.2) is 0 Å². The van der Waals surface area contributed by atoms with Gasteiger partial charge >= 0.3 is 0 Å². The van der Waals surface area contributed by atoms with Crippen molar-refractivity contribution in [2.75, 3.05) is 0 Å². The summed E-state index contributed by atoms with van der Waals surface area (Å²) in [5.41, 5.74) is 13.3. The molecule has 0 aliphatic heterocycles. The quantitative estimate of drug-likeness (QED) is 0.186. The number of para-hydroxylation sites is 4. The van der Waals surface area contributed by atoms with Crippen LogP contribution in [0.2, 0.25) is 0 Å². The predicted molar refractivity (Wildman–Crippen MR) is 213 cm³/mol. The van der Waals surface area contributed by atoms with E-state index in [0.29, 0.717) is 0 Å². The van der Waals surface area contributed by atoms with Crippen LogP contribution in [0.4, 0.5) is 0 Å². The summed E-state index contributed by atoms with van der Waals surface area (Å²) in [6, 6.07) is 65.4. The molecule has 0 spiro atoms. The Balaban J connectivity index is 1.25. The Morgan fingerprint density at radius 2 is 0.784 bits per heavy atom. The molecule has 0 aliphatic carbocycles. The van der Waals surface area contributed by atoms with Crippen LogP contribution in [0.15, 0.2) is 186 Å². The van der Waals surface area contributed by atoms with Crippen molar-refractivity contribution < 1.29 is 4.42 Å². The summed E-state index contributed by atoms with van der Waals surface area (Å²) in [7, 11) is 0. The van der Waals surface area contributed by atoms with Crippen LogP contribution in [-0.2, 0) is 0 Å². The number of rotatable bonds is 4. The summed E-state index contributed by atoms with van der Waals surface area (Å²) in [6.07, 6.45) is 0. The van der Waals surface area contributed by atoms with E-state index < -0.39 is 0 Å². The normalized spacial score (nSPS) is 11.9. The Kier molecular flexibility index (Phi) is 5.96. The number of hydrogen-bond donors (Lipinski definition) is 0. The molecule has 51 heavy (non-hydrogen) atoms. The van der Waals surface area contributed by atoms with Crippen LogP contribution in [-0.4, -0.2) is 9.13 Å². The lowest BCUT2D eigenvalue weighted by molar-refractivity contribution is 0.670. The van der Waals surface area contributed by atoms with Gasteiger partial charge in [0.1, 0.15) is 11.2 Å². The molecule has 0 fully saturated rings. The predicted octanol–water partition coefficient (Wildman–Crippen LogP) is 13.1. The molecule has 11 aromatic rings. The Bertz CT molecular complexity index is 3030. The fourth-order valence-electron chi connectivity index (χ4n) is 8.31. The highest BCUT2D eigenvalue weighted by Gasteiger charge is 2.21. The maximum atomic E-state index is 6.90. The second-order valence-electron chi connectivity index (χ2n) is 13.3. The zero-order valence-corrected chi connectivity index (χ0v) is 27.6. The Labute approximate surface area is 293 Å². The van der Waals surface area contributed by atoms with Gasteiger partial charge in [-0.2, -0.15) is 0 Å². The highest BCUT2D eigenvalue weighted by Crippen LogP contribution is 2.44. The van der Waals surface area contributed by atoms with E-state index >= 15 is 0 Å². The number of aromatic nitrogens is 2. The van der Waals surface area contributed by atoms with Gasteiger partial charge in [0.2, 0.25) is 0 Å². The van der Waals surface area contributed by atoms with Crippen molar-refractivity contribution in [1.82, 2.24) is 9.13 Å². The van der Waals surface area contributed by atoms with Crippen molar-refractivity contribution in [3.63, 3.8) is 0 Å². The summed E-state index contributed by atoms with van der Waals surface area (Å²) in [6.45, 7) is 0. The molecule has 0 N–H and O–H groups in total. The zero-order chi connectivity index (χ0) is 33.5. The van der Waals surface area contributed by atoms with Crippen molar-refractivity contribution in [3.8, 4) is 33.6 Å². The molecule has 238 valence electrons. The van der Waals surface area contributed by atoms with Crippen molar-refractivity contribution in [2.45, 2.75) is 0 Å². The number of hydrogen-bond acceptors (Lipinski definition) is 1. The standard InChI is InChI=1S/C48H30N2O/c1-2-14-31(15-3-1)34-16-4-5-17-35(34)41-29-33(50-45-24-12-8-20-38(45)39-21-9-13-25-46(39)50)30-42-40-28-32(26-27-47(40)51-48(41)42)49-43-22-10-6-18-36(43)37-19-7-11-23-44(37)49/h1-30H. The van der Waals surface area contributed by atoms with Crippen molar-refractivity contribution in [2.24, 2.45) is 0 Å². The molecule has 0 unspecified atom stereocenters. The SMILES string of the molecule is c1ccc(-c2ccccc2-c2cc(-n3c4ccccc4c4ccccc43)cc3c2oc2ccc(-n4c5ccccc5c5ccccc54)cc23)cc1. The third-order valence-electron chi connectivity index (χ3n) is 10.5. The highest BCUT2D eigenvalue weighted by atomic mass is 16.3. The maximum absolute atomic E-state index is 6.90. The van der Waals surface area contributed by atoms with Crippen molar-refractivity contribution >= 4 is 65.6 Å². The van der Waals surface area contributed by atoms with E-state index in [4.69, 9.17) is 4.42 Å². The van der Waals surface area contributed by atoms with Crippen LogP contribution < -0.4 is 0 Å². The number of fused-ring (bicyclic) bond motifs is 9. The fraction of sp³-hybridized carbons (Fsp3) is 0. The molecule has 3 aromatic heterocycles. The molecule has 8 aromatic carbocycles. The molecule has 3 nitrogen and oxygen atoms in total. The first-order valence-corrected chi connectivity index (χ1v) is 17.4. The van der Waals surface area contributed by atoms with Gasteiger partial charge in [0, 0.05) is 49.3 Å². The molecule has 0 saturated heterocycles. The van der Waals surface area contributed by atoms with E-state index in [0.717, 1.165) is 44.4 Å².